The van der Waals surface area contributed by atoms with E-state index in [2.05, 4.69) is 0 Å². The molecule has 0 aromatic rings. The summed E-state index contributed by atoms with van der Waals surface area (Å²) >= 11 is 17.3. The van der Waals surface area contributed by atoms with Crippen LogP contribution in [0.3, 0.4) is 0 Å². The Morgan fingerprint density at radius 2 is 1.71 bits per heavy atom. The topological polar surface area (TPSA) is 0 Å². The third kappa shape index (κ3) is 7.67. The maximum atomic E-state index is 5.38. The summed E-state index contributed by atoms with van der Waals surface area (Å²) in [6.45, 7) is 0. The molecule has 0 aliphatic heterocycles. The number of alkyl halides is 3. The van der Waals surface area contributed by atoms with Gasteiger partial charge in [0.25, 0.3) is 0 Å². The molecule has 0 amide bonds. The van der Waals surface area contributed by atoms with E-state index in [1.54, 1.807) is 0 Å². The Kier molecular flexibility index (Phi) is 4.52. The van der Waals surface area contributed by atoms with Crippen molar-refractivity contribution in [3.05, 3.63) is 0 Å². The fourth-order valence-electron chi connectivity index (χ4n) is 0.164. The minimum atomic E-state index is -1.00. The monoisotopic (exact) mass is 266 g/mol. The van der Waals surface area contributed by atoms with Crippen molar-refractivity contribution in [2.24, 2.45) is 0 Å². The van der Waals surface area contributed by atoms with E-state index < -0.39 is 3.79 Å². The molecular formula is C3H5Cl3Sn. The fraction of sp³-hybridized carbons (Fsp3) is 1.00. The van der Waals surface area contributed by atoms with Crippen LogP contribution in [0.2, 0.25) is 4.44 Å². The van der Waals surface area contributed by atoms with Crippen LogP contribution in [-0.4, -0.2) is 26.3 Å². The quantitative estimate of drug-likeness (QED) is 0.503. The van der Waals surface area contributed by atoms with Gasteiger partial charge in [-0.1, -0.05) is 0 Å². The predicted molar refractivity (Wildman–Crippen MR) is 36.9 cm³/mol. The van der Waals surface area contributed by atoms with Crippen LogP contribution in [0, 0.1) is 0 Å². The molecule has 42 valence electrons. The molecule has 0 atom stereocenters. The van der Waals surface area contributed by atoms with Crippen molar-refractivity contribution >= 4 is 57.3 Å². The van der Waals surface area contributed by atoms with Crippen LogP contribution in [0.15, 0.2) is 0 Å². The molecule has 0 aromatic carbocycles. The SMILES string of the molecule is ClC(Cl)(Cl)C[CH2][SnH]. The Labute approximate surface area is 71.6 Å². The average molecular weight is 266 g/mol. The van der Waals surface area contributed by atoms with Crippen LogP contribution >= 0.6 is 34.8 Å². The van der Waals surface area contributed by atoms with Crippen molar-refractivity contribution in [2.45, 2.75) is 14.7 Å². The van der Waals surface area contributed by atoms with Gasteiger partial charge in [0.05, 0.1) is 0 Å². The van der Waals surface area contributed by atoms with Gasteiger partial charge in [0, 0.05) is 0 Å². The molecule has 0 aromatic heterocycles. The molecule has 0 aliphatic carbocycles. The van der Waals surface area contributed by atoms with Gasteiger partial charge in [-0.3, -0.25) is 0 Å². The first-order valence-corrected chi connectivity index (χ1v) is 5.29. The van der Waals surface area contributed by atoms with Gasteiger partial charge < -0.3 is 0 Å². The molecule has 0 fully saturated rings. The van der Waals surface area contributed by atoms with Gasteiger partial charge in [0.15, 0.2) is 0 Å². The van der Waals surface area contributed by atoms with Crippen molar-refractivity contribution in [1.29, 1.82) is 0 Å². The third-order valence-electron chi connectivity index (χ3n) is 0.428. The summed E-state index contributed by atoms with van der Waals surface area (Å²) in [7, 11) is 0. The van der Waals surface area contributed by atoms with E-state index in [4.69, 9.17) is 34.8 Å². The van der Waals surface area contributed by atoms with E-state index >= 15 is 0 Å². The Morgan fingerprint density at radius 3 is 1.71 bits per heavy atom. The molecule has 7 heavy (non-hydrogen) atoms. The van der Waals surface area contributed by atoms with Crippen LogP contribution < -0.4 is 0 Å². The first-order valence-electron chi connectivity index (χ1n) is 1.83. The van der Waals surface area contributed by atoms with Crippen LogP contribution in [0.5, 0.6) is 0 Å². The summed E-state index contributed by atoms with van der Waals surface area (Å²) in [5.41, 5.74) is 0. The molecule has 2 radical (unpaired) electrons. The van der Waals surface area contributed by atoms with Gasteiger partial charge in [-0.15, -0.1) is 0 Å². The zero-order valence-corrected chi connectivity index (χ0v) is 9.19. The first-order chi connectivity index (χ1) is 3.06. The van der Waals surface area contributed by atoms with E-state index in [1.807, 2.05) is 0 Å². The van der Waals surface area contributed by atoms with Gasteiger partial charge in [-0.2, -0.15) is 0 Å². The third-order valence-corrected chi connectivity index (χ3v) is 1.82. The molecule has 0 spiro atoms. The van der Waals surface area contributed by atoms with E-state index in [-0.39, 0.29) is 0 Å². The fourth-order valence-corrected chi connectivity index (χ4v) is 3.29. The van der Waals surface area contributed by atoms with Crippen molar-refractivity contribution in [3.8, 4) is 0 Å². The summed E-state index contributed by atoms with van der Waals surface area (Å²) in [4.78, 5) is 0. The minimum absolute atomic E-state index is 0.694. The Bertz CT molecular complexity index is 48.6. The summed E-state index contributed by atoms with van der Waals surface area (Å²) < 4.78 is 0.0427. The van der Waals surface area contributed by atoms with E-state index in [9.17, 15) is 0 Å². The van der Waals surface area contributed by atoms with Crippen LogP contribution in [-0.2, 0) is 0 Å². The molecule has 0 saturated heterocycles. The Hall–Kier alpha value is 1.67. The van der Waals surface area contributed by atoms with Crippen LogP contribution in [0.4, 0.5) is 0 Å². The number of hydrogen-bond donors (Lipinski definition) is 0. The molecule has 0 aliphatic rings. The van der Waals surface area contributed by atoms with E-state index in [0.717, 1.165) is 4.44 Å². The molecular weight excluding hydrogens is 261 g/mol. The molecule has 0 rings (SSSR count). The summed E-state index contributed by atoms with van der Waals surface area (Å²) in [5.74, 6) is 0. The summed E-state index contributed by atoms with van der Waals surface area (Å²) in [6, 6.07) is 0. The molecule has 0 heterocycles. The van der Waals surface area contributed by atoms with Crippen LogP contribution in [0.1, 0.15) is 6.42 Å². The van der Waals surface area contributed by atoms with E-state index in [1.165, 1.54) is 22.5 Å². The van der Waals surface area contributed by atoms with Crippen molar-refractivity contribution < 1.29 is 0 Å². The molecule has 0 N–H and O–H groups in total. The molecule has 4 heteroatoms. The number of rotatable bonds is 1. The van der Waals surface area contributed by atoms with E-state index in [0.29, 0.717) is 6.42 Å². The Morgan fingerprint density at radius 1 is 1.29 bits per heavy atom. The van der Waals surface area contributed by atoms with Gasteiger partial charge in [0.2, 0.25) is 0 Å². The second-order valence-corrected chi connectivity index (χ2v) is 5.32. The summed E-state index contributed by atoms with van der Waals surface area (Å²) in [6.07, 6.45) is 0.694. The standard InChI is InChI=1S/C3H4Cl3.Sn.H/c1-2-3(4,5)6;;/h1-2H2;;. The van der Waals surface area contributed by atoms with Gasteiger partial charge in [-0.25, -0.2) is 0 Å². The molecule has 0 saturated carbocycles. The summed E-state index contributed by atoms with van der Waals surface area (Å²) in [5, 5.41) is 0. The Balaban J connectivity index is 3.15. The normalized spacial score (nSPS) is 12.0. The van der Waals surface area contributed by atoms with Gasteiger partial charge in [0.1, 0.15) is 0 Å². The van der Waals surface area contributed by atoms with Gasteiger partial charge >= 0.3 is 72.0 Å². The van der Waals surface area contributed by atoms with Crippen molar-refractivity contribution in [1.82, 2.24) is 0 Å². The maximum absolute atomic E-state index is 5.38. The average Bonchev–Trinajstić information content (AvgIpc) is 1.30. The van der Waals surface area contributed by atoms with Crippen molar-refractivity contribution in [3.63, 3.8) is 0 Å². The van der Waals surface area contributed by atoms with Crippen molar-refractivity contribution in [2.75, 3.05) is 0 Å². The second-order valence-electron chi connectivity index (χ2n) is 1.15. The van der Waals surface area contributed by atoms with Crippen LogP contribution in [0.25, 0.3) is 0 Å². The molecule has 0 nitrogen and oxygen atoms in total. The van der Waals surface area contributed by atoms with Gasteiger partial charge in [-0.05, 0) is 0 Å². The predicted octanol–water partition coefficient (Wildman–Crippen LogP) is 2.07. The zero-order valence-electron chi connectivity index (χ0n) is 3.63. The number of hydrogen-bond acceptors (Lipinski definition) is 0. The molecule has 0 bridgehead atoms. The first kappa shape index (κ1) is 8.67. The second kappa shape index (κ2) is 3.65. The number of halogens is 3. The molecule has 0 unspecified atom stereocenters. The zero-order chi connectivity index (χ0) is 5.91.